The van der Waals surface area contributed by atoms with E-state index in [1.165, 1.54) is 5.56 Å². The highest BCUT2D eigenvalue weighted by molar-refractivity contribution is 5.80. The largest absolute Gasteiger partial charge is 0.368 e. The molecule has 0 bridgehead atoms. The van der Waals surface area contributed by atoms with E-state index in [-0.39, 0.29) is 18.1 Å². The summed E-state index contributed by atoms with van der Waals surface area (Å²) in [5, 5.41) is 0. The SMILES string of the molecule is CCN(C(=O)[C@H](C)OCC(C)C)[C@@H]1CCN([C@@H](C)c2ccccc2)C1. The van der Waals surface area contributed by atoms with Crippen molar-refractivity contribution in [3.05, 3.63) is 35.9 Å². The fourth-order valence-corrected chi connectivity index (χ4v) is 3.55. The van der Waals surface area contributed by atoms with Crippen LogP contribution in [0.4, 0.5) is 0 Å². The van der Waals surface area contributed by atoms with E-state index < -0.39 is 0 Å². The Bertz CT molecular complexity index is 532. The fourth-order valence-electron chi connectivity index (χ4n) is 3.55. The lowest BCUT2D eigenvalue weighted by Crippen LogP contribution is -2.46. The van der Waals surface area contributed by atoms with E-state index in [2.05, 4.69) is 62.9 Å². The third-order valence-electron chi connectivity index (χ3n) is 5.12. The second kappa shape index (κ2) is 9.35. The highest BCUT2D eigenvalue weighted by Crippen LogP contribution is 2.27. The van der Waals surface area contributed by atoms with Crippen LogP contribution in [0.25, 0.3) is 0 Å². The second-order valence-electron chi connectivity index (χ2n) is 7.52. The molecule has 2 rings (SSSR count). The van der Waals surface area contributed by atoms with E-state index >= 15 is 0 Å². The van der Waals surface area contributed by atoms with Crippen molar-refractivity contribution in [1.29, 1.82) is 0 Å². The zero-order valence-corrected chi connectivity index (χ0v) is 16.4. The minimum Gasteiger partial charge on any atom is -0.368 e. The lowest BCUT2D eigenvalue weighted by atomic mass is 10.1. The Morgan fingerprint density at radius 1 is 1.24 bits per heavy atom. The van der Waals surface area contributed by atoms with E-state index in [1.807, 2.05) is 11.8 Å². The van der Waals surface area contributed by atoms with Crippen LogP contribution in [0.1, 0.15) is 52.6 Å². The second-order valence-corrected chi connectivity index (χ2v) is 7.52. The molecular formula is C21H34N2O2. The van der Waals surface area contributed by atoms with Crippen molar-refractivity contribution in [3.63, 3.8) is 0 Å². The first-order valence-electron chi connectivity index (χ1n) is 9.65. The number of ether oxygens (including phenoxy) is 1. The van der Waals surface area contributed by atoms with E-state index in [0.29, 0.717) is 18.6 Å². The van der Waals surface area contributed by atoms with Crippen LogP contribution in [-0.4, -0.2) is 54.1 Å². The van der Waals surface area contributed by atoms with Crippen LogP contribution < -0.4 is 0 Å². The Kier molecular flexibility index (Phi) is 7.45. The standard InChI is InChI=1S/C21H34N2O2/c1-6-23(21(24)18(5)25-15-16(2)3)20-12-13-22(14-20)17(4)19-10-8-7-9-11-19/h7-11,16-18,20H,6,12-15H2,1-5H3/t17-,18-,20+/m0/s1. The van der Waals surface area contributed by atoms with Gasteiger partial charge in [-0.3, -0.25) is 9.69 Å². The quantitative estimate of drug-likeness (QED) is 0.719. The molecule has 0 spiro atoms. The number of likely N-dealkylation sites (N-methyl/N-ethyl adjacent to an activating group) is 1. The van der Waals surface area contributed by atoms with Crippen LogP contribution in [-0.2, 0) is 9.53 Å². The molecule has 1 aliphatic heterocycles. The predicted octanol–water partition coefficient (Wildman–Crippen LogP) is 3.73. The summed E-state index contributed by atoms with van der Waals surface area (Å²) in [4.78, 5) is 17.3. The molecule has 1 fully saturated rings. The molecule has 0 aromatic heterocycles. The van der Waals surface area contributed by atoms with E-state index in [4.69, 9.17) is 4.74 Å². The van der Waals surface area contributed by atoms with Gasteiger partial charge in [0.2, 0.25) is 0 Å². The van der Waals surface area contributed by atoms with Gasteiger partial charge in [0, 0.05) is 38.3 Å². The van der Waals surface area contributed by atoms with Crippen molar-refractivity contribution in [2.75, 3.05) is 26.2 Å². The van der Waals surface area contributed by atoms with Crippen LogP contribution in [0.3, 0.4) is 0 Å². The normalized spacial score (nSPS) is 20.6. The Morgan fingerprint density at radius 2 is 1.92 bits per heavy atom. The molecule has 25 heavy (non-hydrogen) atoms. The van der Waals surface area contributed by atoms with Gasteiger partial charge in [-0.1, -0.05) is 44.2 Å². The summed E-state index contributed by atoms with van der Waals surface area (Å²) < 4.78 is 5.75. The number of amides is 1. The lowest BCUT2D eigenvalue weighted by Gasteiger charge is -2.31. The maximum atomic E-state index is 12.8. The van der Waals surface area contributed by atoms with E-state index in [1.54, 1.807) is 0 Å². The summed E-state index contributed by atoms with van der Waals surface area (Å²) in [6, 6.07) is 11.3. The first-order valence-corrected chi connectivity index (χ1v) is 9.65. The van der Waals surface area contributed by atoms with E-state index in [0.717, 1.165) is 26.1 Å². The van der Waals surface area contributed by atoms with Crippen LogP contribution in [0.5, 0.6) is 0 Å². The molecule has 1 saturated heterocycles. The molecule has 0 radical (unpaired) electrons. The molecule has 0 unspecified atom stereocenters. The van der Waals surface area contributed by atoms with Crippen molar-refractivity contribution >= 4 is 5.91 Å². The van der Waals surface area contributed by atoms with Crippen LogP contribution in [0.15, 0.2) is 30.3 Å². The molecule has 4 heteroatoms. The number of rotatable bonds is 8. The summed E-state index contributed by atoms with van der Waals surface area (Å²) in [5.74, 6) is 0.571. The fraction of sp³-hybridized carbons (Fsp3) is 0.667. The minimum atomic E-state index is -0.358. The van der Waals surface area contributed by atoms with Gasteiger partial charge in [0.15, 0.2) is 0 Å². The number of carbonyl (C=O) groups is 1. The smallest absolute Gasteiger partial charge is 0.251 e. The Hall–Kier alpha value is -1.39. The number of hydrogen-bond donors (Lipinski definition) is 0. The molecule has 1 aliphatic rings. The van der Waals surface area contributed by atoms with Gasteiger partial charge in [0.1, 0.15) is 6.10 Å². The van der Waals surface area contributed by atoms with E-state index in [9.17, 15) is 4.79 Å². The van der Waals surface area contributed by atoms with Crippen LogP contribution >= 0.6 is 0 Å². The van der Waals surface area contributed by atoms with Gasteiger partial charge in [-0.25, -0.2) is 0 Å². The van der Waals surface area contributed by atoms with Crippen LogP contribution in [0, 0.1) is 5.92 Å². The molecule has 1 aromatic carbocycles. The van der Waals surface area contributed by atoms with Crippen molar-refractivity contribution in [3.8, 4) is 0 Å². The highest BCUT2D eigenvalue weighted by Gasteiger charge is 2.34. The average Bonchev–Trinajstić information content (AvgIpc) is 3.10. The zero-order chi connectivity index (χ0) is 18.4. The first kappa shape index (κ1) is 19.9. The summed E-state index contributed by atoms with van der Waals surface area (Å²) in [7, 11) is 0. The Morgan fingerprint density at radius 3 is 2.52 bits per heavy atom. The summed E-state index contributed by atoms with van der Waals surface area (Å²) in [5.41, 5.74) is 1.34. The first-order chi connectivity index (χ1) is 11.9. The van der Waals surface area contributed by atoms with Crippen molar-refractivity contribution in [2.24, 2.45) is 5.92 Å². The number of carbonyl (C=O) groups excluding carboxylic acids is 1. The van der Waals surface area contributed by atoms with Gasteiger partial charge >= 0.3 is 0 Å². The van der Waals surface area contributed by atoms with Crippen molar-refractivity contribution in [1.82, 2.24) is 9.80 Å². The molecular weight excluding hydrogens is 312 g/mol. The molecule has 0 N–H and O–H groups in total. The Balaban J connectivity index is 1.95. The number of hydrogen-bond acceptors (Lipinski definition) is 3. The maximum absolute atomic E-state index is 12.8. The van der Waals surface area contributed by atoms with Crippen LogP contribution in [0.2, 0.25) is 0 Å². The number of benzene rings is 1. The molecule has 4 nitrogen and oxygen atoms in total. The van der Waals surface area contributed by atoms with Gasteiger partial charge < -0.3 is 9.64 Å². The lowest BCUT2D eigenvalue weighted by molar-refractivity contribution is -0.145. The third-order valence-corrected chi connectivity index (χ3v) is 5.12. The molecule has 140 valence electrons. The maximum Gasteiger partial charge on any atom is 0.251 e. The summed E-state index contributed by atoms with van der Waals surface area (Å²) in [6.45, 7) is 13.8. The Labute approximate surface area is 153 Å². The van der Waals surface area contributed by atoms with Gasteiger partial charge in [0.05, 0.1) is 0 Å². The predicted molar refractivity (Wildman–Crippen MR) is 102 cm³/mol. The molecule has 3 atom stereocenters. The zero-order valence-electron chi connectivity index (χ0n) is 16.4. The van der Waals surface area contributed by atoms with Crippen molar-refractivity contribution in [2.45, 2.75) is 59.2 Å². The van der Waals surface area contributed by atoms with Gasteiger partial charge in [-0.05, 0) is 38.7 Å². The topological polar surface area (TPSA) is 32.8 Å². The highest BCUT2D eigenvalue weighted by atomic mass is 16.5. The monoisotopic (exact) mass is 346 g/mol. The minimum absolute atomic E-state index is 0.127. The average molecular weight is 347 g/mol. The molecule has 0 saturated carbocycles. The number of nitrogens with zero attached hydrogens (tertiary/aromatic N) is 2. The summed E-state index contributed by atoms with van der Waals surface area (Å²) in [6.07, 6.45) is 0.677. The van der Waals surface area contributed by atoms with Gasteiger partial charge in [0.25, 0.3) is 5.91 Å². The van der Waals surface area contributed by atoms with Crippen molar-refractivity contribution < 1.29 is 9.53 Å². The van der Waals surface area contributed by atoms with Gasteiger partial charge in [-0.2, -0.15) is 0 Å². The molecule has 0 aliphatic carbocycles. The van der Waals surface area contributed by atoms with Gasteiger partial charge in [-0.15, -0.1) is 0 Å². The summed E-state index contributed by atoms with van der Waals surface area (Å²) >= 11 is 0. The number of likely N-dealkylation sites (tertiary alicyclic amines) is 1. The third kappa shape index (κ3) is 5.29. The molecule has 1 heterocycles. The molecule has 1 aromatic rings. The molecule has 1 amide bonds.